The molecule has 3 rings (SSSR count). The molecule has 8 heteroatoms. The molecule has 1 saturated heterocycles. The fourth-order valence-electron chi connectivity index (χ4n) is 2.68. The first-order chi connectivity index (χ1) is 11.5. The highest BCUT2D eigenvalue weighted by atomic mass is 32.1. The standard InChI is InChI=1S/C16H21N5OS2/c1-10-9-13(21-7-5-6-8-21)18-15(17-10)22-19-11(2)14-12(3)20(4)16(23)24-14/h9H,5-8H2,1-4H3/b19-11+. The summed E-state index contributed by atoms with van der Waals surface area (Å²) in [5, 5.41) is 4.21. The first-order valence-corrected chi connectivity index (χ1v) is 9.17. The molecule has 0 bridgehead atoms. The van der Waals surface area contributed by atoms with Crippen molar-refractivity contribution in [3.8, 4) is 6.01 Å². The molecule has 0 amide bonds. The Balaban J connectivity index is 1.82. The third-order valence-corrected chi connectivity index (χ3v) is 5.91. The second-order valence-corrected chi connectivity index (χ2v) is 7.60. The quantitative estimate of drug-likeness (QED) is 0.472. The van der Waals surface area contributed by atoms with Gasteiger partial charge in [0.05, 0.1) is 10.6 Å². The number of aromatic nitrogens is 3. The smallest absolute Gasteiger partial charge is 0.347 e. The van der Waals surface area contributed by atoms with Crippen molar-refractivity contribution in [1.82, 2.24) is 14.5 Å². The van der Waals surface area contributed by atoms with Gasteiger partial charge in [0.1, 0.15) is 5.82 Å². The number of hydrogen-bond acceptors (Lipinski definition) is 7. The Morgan fingerprint density at radius 3 is 2.62 bits per heavy atom. The van der Waals surface area contributed by atoms with E-state index in [0.717, 1.165) is 44.8 Å². The Morgan fingerprint density at radius 2 is 2.00 bits per heavy atom. The van der Waals surface area contributed by atoms with E-state index in [-0.39, 0.29) is 6.01 Å². The summed E-state index contributed by atoms with van der Waals surface area (Å²) in [6, 6.07) is 2.27. The van der Waals surface area contributed by atoms with Gasteiger partial charge in [-0.15, -0.1) is 11.3 Å². The lowest BCUT2D eigenvalue weighted by Crippen LogP contribution is -2.19. The van der Waals surface area contributed by atoms with Crippen LogP contribution in [0.5, 0.6) is 6.01 Å². The van der Waals surface area contributed by atoms with Crippen LogP contribution in [0.2, 0.25) is 0 Å². The molecule has 0 saturated carbocycles. The topological polar surface area (TPSA) is 55.5 Å². The molecule has 6 nitrogen and oxygen atoms in total. The molecule has 1 aliphatic heterocycles. The zero-order valence-electron chi connectivity index (χ0n) is 14.4. The number of hydrogen-bond donors (Lipinski definition) is 0. The van der Waals surface area contributed by atoms with Gasteiger partial charge in [0.25, 0.3) is 0 Å². The van der Waals surface area contributed by atoms with Gasteiger partial charge in [-0.25, -0.2) is 0 Å². The maximum atomic E-state index is 5.51. The van der Waals surface area contributed by atoms with Crippen molar-refractivity contribution in [2.75, 3.05) is 18.0 Å². The van der Waals surface area contributed by atoms with Crippen LogP contribution in [0.15, 0.2) is 11.2 Å². The van der Waals surface area contributed by atoms with Gasteiger partial charge in [-0.3, -0.25) is 0 Å². The van der Waals surface area contributed by atoms with Crippen LogP contribution in [0.1, 0.15) is 36.0 Å². The monoisotopic (exact) mass is 363 g/mol. The van der Waals surface area contributed by atoms with Gasteiger partial charge in [0.2, 0.25) is 0 Å². The Morgan fingerprint density at radius 1 is 1.29 bits per heavy atom. The molecule has 128 valence electrons. The highest BCUT2D eigenvalue weighted by Crippen LogP contribution is 2.22. The van der Waals surface area contributed by atoms with Crippen LogP contribution in [-0.2, 0) is 7.05 Å². The lowest BCUT2D eigenvalue weighted by atomic mass is 10.3. The first-order valence-electron chi connectivity index (χ1n) is 7.94. The predicted molar refractivity (Wildman–Crippen MR) is 99.9 cm³/mol. The Bertz CT molecular complexity index is 833. The van der Waals surface area contributed by atoms with Crippen molar-refractivity contribution in [3.05, 3.63) is 26.3 Å². The summed E-state index contributed by atoms with van der Waals surface area (Å²) in [4.78, 5) is 17.6. The molecule has 24 heavy (non-hydrogen) atoms. The van der Waals surface area contributed by atoms with Crippen molar-refractivity contribution >= 4 is 35.1 Å². The van der Waals surface area contributed by atoms with Crippen molar-refractivity contribution in [2.45, 2.75) is 33.6 Å². The second-order valence-electron chi connectivity index (χ2n) is 5.95. The van der Waals surface area contributed by atoms with Crippen molar-refractivity contribution < 1.29 is 4.84 Å². The summed E-state index contributed by atoms with van der Waals surface area (Å²) < 4.78 is 2.79. The minimum absolute atomic E-state index is 0.286. The molecule has 3 heterocycles. The number of nitrogens with zero attached hydrogens (tertiary/aromatic N) is 5. The molecule has 0 unspecified atom stereocenters. The molecule has 1 fully saturated rings. The number of anilines is 1. The van der Waals surface area contributed by atoms with Gasteiger partial charge in [-0.1, -0.05) is 5.16 Å². The van der Waals surface area contributed by atoms with Gasteiger partial charge < -0.3 is 14.3 Å². The van der Waals surface area contributed by atoms with Crippen molar-refractivity contribution in [2.24, 2.45) is 12.2 Å². The van der Waals surface area contributed by atoms with Gasteiger partial charge >= 0.3 is 6.01 Å². The Kier molecular flexibility index (Phi) is 4.96. The number of aryl methyl sites for hydroxylation is 1. The average molecular weight is 364 g/mol. The summed E-state index contributed by atoms with van der Waals surface area (Å²) in [5.41, 5.74) is 2.73. The van der Waals surface area contributed by atoms with E-state index in [4.69, 9.17) is 17.1 Å². The van der Waals surface area contributed by atoms with Crippen LogP contribution in [0.4, 0.5) is 5.82 Å². The summed E-state index contributed by atoms with van der Waals surface area (Å²) in [5.74, 6) is 0.911. The highest BCUT2D eigenvalue weighted by molar-refractivity contribution is 7.73. The van der Waals surface area contributed by atoms with E-state index < -0.39 is 0 Å². The molecule has 0 atom stereocenters. The van der Waals surface area contributed by atoms with E-state index in [1.165, 1.54) is 24.2 Å². The molecule has 1 aliphatic rings. The highest BCUT2D eigenvalue weighted by Gasteiger charge is 2.16. The largest absolute Gasteiger partial charge is 0.356 e. The van der Waals surface area contributed by atoms with Crippen LogP contribution in [-0.4, -0.2) is 33.3 Å². The third kappa shape index (κ3) is 3.49. The van der Waals surface area contributed by atoms with E-state index in [1.54, 1.807) is 0 Å². The third-order valence-electron chi connectivity index (χ3n) is 4.14. The van der Waals surface area contributed by atoms with E-state index in [2.05, 4.69) is 20.0 Å². The van der Waals surface area contributed by atoms with Crippen molar-refractivity contribution in [1.29, 1.82) is 0 Å². The van der Waals surface area contributed by atoms with Crippen LogP contribution >= 0.6 is 23.6 Å². The normalized spacial score (nSPS) is 15.2. The van der Waals surface area contributed by atoms with Gasteiger partial charge in [-0.2, -0.15) is 9.97 Å². The predicted octanol–water partition coefficient (Wildman–Crippen LogP) is 3.63. The van der Waals surface area contributed by atoms with E-state index in [0.29, 0.717) is 0 Å². The summed E-state index contributed by atoms with van der Waals surface area (Å²) in [6.07, 6.45) is 2.41. The average Bonchev–Trinajstić information content (AvgIpc) is 3.17. The molecule has 2 aromatic heterocycles. The fourth-order valence-corrected chi connectivity index (χ4v) is 3.98. The maximum absolute atomic E-state index is 5.51. The number of thiazole rings is 1. The Labute approximate surface area is 150 Å². The lowest BCUT2D eigenvalue weighted by molar-refractivity contribution is 0.312. The SMILES string of the molecule is C/C(=N\Oc1nc(C)cc(N2CCCC2)n1)c1sc(=S)n(C)c1C. The lowest BCUT2D eigenvalue weighted by Gasteiger charge is -2.16. The van der Waals surface area contributed by atoms with E-state index >= 15 is 0 Å². The van der Waals surface area contributed by atoms with Crippen LogP contribution in [0.3, 0.4) is 0 Å². The molecule has 0 spiro atoms. The molecular weight excluding hydrogens is 342 g/mol. The number of rotatable bonds is 4. The van der Waals surface area contributed by atoms with Gasteiger partial charge in [0, 0.05) is 37.6 Å². The maximum Gasteiger partial charge on any atom is 0.347 e. The van der Waals surface area contributed by atoms with Crippen LogP contribution in [0.25, 0.3) is 0 Å². The van der Waals surface area contributed by atoms with Gasteiger partial charge in [0.15, 0.2) is 3.95 Å². The van der Waals surface area contributed by atoms with Gasteiger partial charge in [-0.05, 0) is 45.8 Å². The summed E-state index contributed by atoms with van der Waals surface area (Å²) in [7, 11) is 1.96. The minimum atomic E-state index is 0.286. The van der Waals surface area contributed by atoms with E-state index in [9.17, 15) is 0 Å². The minimum Gasteiger partial charge on any atom is -0.356 e. The van der Waals surface area contributed by atoms with Crippen molar-refractivity contribution in [3.63, 3.8) is 0 Å². The molecule has 2 aromatic rings. The molecule has 0 aliphatic carbocycles. The first kappa shape index (κ1) is 17.0. The zero-order valence-corrected chi connectivity index (χ0v) is 16.0. The summed E-state index contributed by atoms with van der Waals surface area (Å²) >= 11 is 6.84. The van der Waals surface area contributed by atoms with Crippen LogP contribution in [0, 0.1) is 17.8 Å². The molecule has 0 N–H and O–H groups in total. The fraction of sp³-hybridized carbons (Fsp3) is 0.500. The van der Waals surface area contributed by atoms with Crippen LogP contribution < -0.4 is 9.74 Å². The van der Waals surface area contributed by atoms with E-state index in [1.807, 2.05) is 38.5 Å². The molecule has 0 aromatic carbocycles. The number of oxime groups is 1. The molecular formula is C16H21N5OS2. The summed E-state index contributed by atoms with van der Waals surface area (Å²) in [6.45, 7) is 7.94. The Hall–Kier alpha value is -1.80. The molecule has 0 radical (unpaired) electrons. The zero-order chi connectivity index (χ0) is 17.3. The second kappa shape index (κ2) is 6.98.